The van der Waals surface area contributed by atoms with Gasteiger partial charge in [0.1, 0.15) is 6.04 Å². The van der Waals surface area contributed by atoms with Crippen molar-refractivity contribution in [1.82, 2.24) is 20.2 Å². The minimum absolute atomic E-state index is 0.0247. The van der Waals surface area contributed by atoms with Gasteiger partial charge in [-0.3, -0.25) is 14.7 Å². The van der Waals surface area contributed by atoms with Gasteiger partial charge < -0.3 is 10.4 Å². The number of halogens is 1. The van der Waals surface area contributed by atoms with E-state index in [1.165, 1.54) is 17.3 Å². The molecule has 3 unspecified atom stereocenters. The zero-order valence-corrected chi connectivity index (χ0v) is 12.0. The fraction of sp³-hybridized carbons (Fsp3) is 0.538. The van der Waals surface area contributed by atoms with E-state index in [-0.39, 0.29) is 29.6 Å². The predicted octanol–water partition coefficient (Wildman–Crippen LogP) is 1.28. The topological polar surface area (TPSA) is 95.4 Å². The Bertz CT molecular complexity index is 582. The van der Waals surface area contributed by atoms with E-state index in [2.05, 4.69) is 15.3 Å². The number of fused-ring (bicyclic) bond motifs is 2. The highest BCUT2D eigenvalue weighted by Crippen LogP contribution is 2.42. The molecule has 1 saturated heterocycles. The Kier molecular flexibility index (Phi) is 3.67. The van der Waals surface area contributed by atoms with Crippen LogP contribution >= 0.6 is 11.6 Å². The second kappa shape index (κ2) is 5.48. The zero-order valence-electron chi connectivity index (χ0n) is 11.2. The average Bonchev–Trinajstić information content (AvgIpc) is 3.06. The van der Waals surface area contributed by atoms with Crippen LogP contribution in [0.5, 0.6) is 0 Å². The number of carboxylic acid groups (broad SMARTS) is 1. The second-order valence-electron chi connectivity index (χ2n) is 5.37. The molecule has 1 saturated carbocycles. The number of amides is 2. The number of carbonyl (C=O) groups excluding carboxylic acids is 1. The summed E-state index contributed by atoms with van der Waals surface area (Å²) in [4.78, 5) is 32.9. The lowest BCUT2D eigenvalue weighted by Crippen LogP contribution is -2.52. The first-order chi connectivity index (χ1) is 10.1. The highest BCUT2D eigenvalue weighted by molar-refractivity contribution is 6.29. The number of aromatic nitrogens is 2. The Labute approximate surface area is 126 Å². The standard InChI is InChI=1S/C13H15ClN4O3/c14-11-9(15-3-4-16-11)6-17-12(19)10-7-1-2-8(5-7)18(10)13(20)21/h3-4,7-8,10H,1-2,5-6H2,(H,17,19)(H,20,21). The minimum atomic E-state index is -1.03. The maximum Gasteiger partial charge on any atom is 0.408 e. The number of hydrogen-bond acceptors (Lipinski definition) is 4. The van der Waals surface area contributed by atoms with Gasteiger partial charge in [0.2, 0.25) is 5.91 Å². The van der Waals surface area contributed by atoms with Crippen LogP contribution in [-0.2, 0) is 11.3 Å². The highest BCUT2D eigenvalue weighted by atomic mass is 35.5. The van der Waals surface area contributed by atoms with Crippen molar-refractivity contribution in [2.75, 3.05) is 0 Å². The maximum atomic E-state index is 12.3. The molecule has 2 N–H and O–H groups in total. The number of likely N-dealkylation sites (tertiary alicyclic amines) is 1. The van der Waals surface area contributed by atoms with E-state index in [4.69, 9.17) is 11.6 Å². The summed E-state index contributed by atoms with van der Waals surface area (Å²) in [5.74, 6) is -0.172. The molecule has 21 heavy (non-hydrogen) atoms. The molecule has 0 spiro atoms. The smallest absolute Gasteiger partial charge is 0.408 e. The Morgan fingerprint density at radius 1 is 1.38 bits per heavy atom. The lowest BCUT2D eigenvalue weighted by atomic mass is 9.98. The van der Waals surface area contributed by atoms with E-state index in [0.29, 0.717) is 5.69 Å². The lowest BCUT2D eigenvalue weighted by Gasteiger charge is -2.31. The van der Waals surface area contributed by atoms with Crippen molar-refractivity contribution < 1.29 is 14.7 Å². The van der Waals surface area contributed by atoms with E-state index >= 15 is 0 Å². The predicted molar refractivity (Wildman–Crippen MR) is 73.7 cm³/mol. The quantitative estimate of drug-likeness (QED) is 0.876. The Morgan fingerprint density at radius 3 is 2.86 bits per heavy atom. The molecule has 1 aliphatic heterocycles. The summed E-state index contributed by atoms with van der Waals surface area (Å²) in [5, 5.41) is 12.2. The van der Waals surface area contributed by atoms with Gasteiger partial charge in [-0.1, -0.05) is 11.6 Å². The molecule has 2 fully saturated rings. The SMILES string of the molecule is O=C(NCc1nccnc1Cl)C1C2CCC(C2)N1C(=O)O. The first-order valence-electron chi connectivity index (χ1n) is 6.82. The third kappa shape index (κ3) is 2.53. The van der Waals surface area contributed by atoms with Gasteiger partial charge in [0.15, 0.2) is 5.15 Å². The summed E-state index contributed by atoms with van der Waals surface area (Å²) >= 11 is 5.88. The molecular formula is C13H15ClN4O3. The molecule has 3 atom stereocenters. The Balaban J connectivity index is 1.68. The van der Waals surface area contributed by atoms with Gasteiger partial charge in [-0.25, -0.2) is 9.78 Å². The number of carbonyl (C=O) groups is 2. The van der Waals surface area contributed by atoms with Gasteiger partial charge in [-0.05, 0) is 25.2 Å². The molecule has 1 aromatic heterocycles. The molecule has 8 heteroatoms. The molecule has 2 amide bonds. The zero-order chi connectivity index (χ0) is 15.0. The van der Waals surface area contributed by atoms with Crippen molar-refractivity contribution >= 4 is 23.6 Å². The van der Waals surface area contributed by atoms with Crippen LogP contribution in [0.25, 0.3) is 0 Å². The van der Waals surface area contributed by atoms with Crippen molar-refractivity contribution in [3.63, 3.8) is 0 Å². The van der Waals surface area contributed by atoms with Crippen molar-refractivity contribution in [2.45, 2.75) is 37.9 Å². The van der Waals surface area contributed by atoms with E-state index < -0.39 is 12.1 Å². The summed E-state index contributed by atoms with van der Waals surface area (Å²) in [6.07, 6.45) is 4.45. The van der Waals surface area contributed by atoms with E-state index in [9.17, 15) is 14.7 Å². The van der Waals surface area contributed by atoms with Crippen molar-refractivity contribution in [2.24, 2.45) is 5.92 Å². The molecular weight excluding hydrogens is 296 g/mol. The number of hydrogen-bond donors (Lipinski definition) is 2. The molecule has 112 valence electrons. The van der Waals surface area contributed by atoms with Gasteiger partial charge >= 0.3 is 6.09 Å². The number of rotatable bonds is 3. The Morgan fingerprint density at radius 2 is 2.14 bits per heavy atom. The number of nitrogens with zero attached hydrogens (tertiary/aromatic N) is 3. The third-order valence-corrected chi connectivity index (χ3v) is 4.54. The van der Waals surface area contributed by atoms with E-state index in [1.807, 2.05) is 0 Å². The van der Waals surface area contributed by atoms with Gasteiger partial charge in [-0.2, -0.15) is 0 Å². The molecule has 1 aliphatic carbocycles. The molecule has 2 aliphatic rings. The number of piperidine rings is 1. The van der Waals surface area contributed by atoms with Crippen LogP contribution in [0.3, 0.4) is 0 Å². The lowest BCUT2D eigenvalue weighted by molar-refractivity contribution is -0.127. The summed E-state index contributed by atoms with van der Waals surface area (Å²) in [5.41, 5.74) is 0.470. The molecule has 2 bridgehead atoms. The van der Waals surface area contributed by atoms with Crippen molar-refractivity contribution in [3.05, 3.63) is 23.2 Å². The number of nitrogens with one attached hydrogen (secondary N) is 1. The van der Waals surface area contributed by atoms with Gasteiger partial charge in [0.05, 0.1) is 12.2 Å². The van der Waals surface area contributed by atoms with Crippen LogP contribution < -0.4 is 5.32 Å². The first kappa shape index (κ1) is 14.1. The monoisotopic (exact) mass is 310 g/mol. The van der Waals surface area contributed by atoms with Crippen LogP contribution in [-0.4, -0.2) is 44.1 Å². The fourth-order valence-corrected chi connectivity index (χ4v) is 3.52. The fourth-order valence-electron chi connectivity index (χ4n) is 3.34. The van der Waals surface area contributed by atoms with Gasteiger partial charge in [0, 0.05) is 18.4 Å². The molecule has 0 aromatic carbocycles. The molecule has 7 nitrogen and oxygen atoms in total. The summed E-state index contributed by atoms with van der Waals surface area (Å²) < 4.78 is 0. The van der Waals surface area contributed by atoms with E-state index in [1.54, 1.807) is 0 Å². The van der Waals surface area contributed by atoms with Gasteiger partial charge in [0.25, 0.3) is 0 Å². The maximum absolute atomic E-state index is 12.3. The largest absolute Gasteiger partial charge is 0.465 e. The normalized spacial score (nSPS) is 26.9. The summed E-state index contributed by atoms with van der Waals surface area (Å²) in [7, 11) is 0. The van der Waals surface area contributed by atoms with Crippen LogP contribution in [0.2, 0.25) is 5.15 Å². The Hall–Kier alpha value is -1.89. The van der Waals surface area contributed by atoms with Crippen LogP contribution in [0, 0.1) is 5.92 Å². The molecule has 0 radical (unpaired) electrons. The summed E-state index contributed by atoms with van der Waals surface area (Å²) in [6.45, 7) is 0.146. The van der Waals surface area contributed by atoms with Crippen molar-refractivity contribution in [3.8, 4) is 0 Å². The highest BCUT2D eigenvalue weighted by Gasteiger charge is 2.51. The molecule has 3 rings (SSSR count). The van der Waals surface area contributed by atoms with Crippen LogP contribution in [0.15, 0.2) is 12.4 Å². The first-order valence-corrected chi connectivity index (χ1v) is 7.20. The summed E-state index contributed by atoms with van der Waals surface area (Å²) in [6, 6.07) is -0.625. The van der Waals surface area contributed by atoms with Gasteiger partial charge in [-0.15, -0.1) is 0 Å². The van der Waals surface area contributed by atoms with Crippen molar-refractivity contribution in [1.29, 1.82) is 0 Å². The van der Waals surface area contributed by atoms with E-state index in [0.717, 1.165) is 19.3 Å². The second-order valence-corrected chi connectivity index (χ2v) is 5.73. The third-order valence-electron chi connectivity index (χ3n) is 4.23. The molecule has 1 aromatic rings. The average molecular weight is 311 g/mol. The van der Waals surface area contributed by atoms with Crippen LogP contribution in [0.1, 0.15) is 25.0 Å². The molecule has 2 heterocycles. The minimum Gasteiger partial charge on any atom is -0.465 e. The van der Waals surface area contributed by atoms with Crippen LogP contribution in [0.4, 0.5) is 4.79 Å².